The third-order valence-electron chi connectivity index (χ3n) is 1.89. The maximum Gasteiger partial charge on any atom is 0.312 e. The van der Waals surface area contributed by atoms with E-state index in [1.54, 1.807) is 0 Å². The zero-order valence-corrected chi connectivity index (χ0v) is 9.97. The van der Waals surface area contributed by atoms with Crippen LogP contribution in [0.1, 0.15) is 20.8 Å². The number of nitrogens with zero attached hydrogens (tertiary/aromatic N) is 2. The van der Waals surface area contributed by atoms with E-state index in [-0.39, 0.29) is 0 Å². The molecule has 0 saturated heterocycles. The van der Waals surface area contributed by atoms with Crippen molar-refractivity contribution in [2.24, 2.45) is 4.76 Å². The first-order valence-corrected chi connectivity index (χ1v) is 6.44. The summed E-state index contributed by atoms with van der Waals surface area (Å²) in [5, 5.41) is 0. The molecule has 5 heteroatoms. The van der Waals surface area contributed by atoms with Gasteiger partial charge in [0, 0.05) is 26.9 Å². The van der Waals surface area contributed by atoms with Crippen LogP contribution in [0, 0.1) is 0 Å². The van der Waals surface area contributed by atoms with Crippen LogP contribution in [0.25, 0.3) is 0 Å². The van der Waals surface area contributed by atoms with Gasteiger partial charge in [0.1, 0.15) is 5.84 Å². The fourth-order valence-electron chi connectivity index (χ4n) is 1.05. The summed E-state index contributed by atoms with van der Waals surface area (Å²) in [7, 11) is -1.35. The highest BCUT2D eigenvalue weighted by atomic mass is 31.2. The molecule has 0 fully saturated rings. The highest BCUT2D eigenvalue weighted by Crippen LogP contribution is 2.43. The Morgan fingerprint density at radius 2 is 1.92 bits per heavy atom. The smallest absolute Gasteiger partial charge is 0.312 e. The Balaban J connectivity index is 4.55. The lowest BCUT2D eigenvalue weighted by atomic mass is 10.5. The van der Waals surface area contributed by atoms with E-state index >= 15 is 0 Å². The second kappa shape index (κ2) is 5.40. The lowest BCUT2D eigenvalue weighted by Gasteiger charge is -2.20. The van der Waals surface area contributed by atoms with Crippen LogP contribution in [-0.2, 0) is 9.09 Å². The Hall–Kier alpha value is -0.340. The van der Waals surface area contributed by atoms with Gasteiger partial charge in [0.05, 0.1) is 0 Å². The molecule has 4 nitrogen and oxygen atoms in total. The minimum absolute atomic E-state index is 0.776. The lowest BCUT2D eigenvalue weighted by molar-refractivity contribution is 0.398. The molecule has 0 saturated carbocycles. The highest BCUT2D eigenvalue weighted by Gasteiger charge is 2.13. The Kier molecular flexibility index (Phi) is 5.26. The molecule has 0 rings (SSSR count). The minimum atomic E-state index is -2.76. The van der Waals surface area contributed by atoms with Crippen LogP contribution in [0.2, 0.25) is 0 Å². The predicted octanol–water partition coefficient (Wildman–Crippen LogP) is 2.22. The second-order valence-corrected chi connectivity index (χ2v) is 4.98. The monoisotopic (exact) mass is 206 g/mol. The standard InChI is InChI=1S/C8H19N2O2P/c1-6-10(7-2)8(3)9-13(5,11)12-4/h6-7H2,1-5H3/b9-8+/t13-/m1/s1. The third-order valence-corrected chi connectivity index (χ3v) is 3.22. The Bertz CT molecular complexity index is 224. The van der Waals surface area contributed by atoms with Crippen molar-refractivity contribution < 1.29 is 9.09 Å². The summed E-state index contributed by atoms with van der Waals surface area (Å²) in [4.78, 5) is 2.04. The minimum Gasteiger partial charge on any atom is -0.361 e. The van der Waals surface area contributed by atoms with Crippen LogP contribution in [0.5, 0.6) is 0 Å². The Labute approximate surface area is 80.5 Å². The van der Waals surface area contributed by atoms with Crippen molar-refractivity contribution in [2.75, 3.05) is 26.9 Å². The van der Waals surface area contributed by atoms with Crippen molar-refractivity contribution in [3.05, 3.63) is 0 Å². The van der Waals surface area contributed by atoms with E-state index in [1.807, 2.05) is 25.7 Å². The van der Waals surface area contributed by atoms with Gasteiger partial charge in [0.2, 0.25) is 0 Å². The Morgan fingerprint density at radius 1 is 1.46 bits per heavy atom. The molecule has 0 aliphatic rings. The van der Waals surface area contributed by atoms with Crippen LogP contribution in [0.4, 0.5) is 0 Å². The Morgan fingerprint density at radius 3 is 2.23 bits per heavy atom. The zero-order valence-electron chi connectivity index (χ0n) is 9.07. The summed E-state index contributed by atoms with van der Waals surface area (Å²) < 4.78 is 20.3. The molecule has 13 heavy (non-hydrogen) atoms. The van der Waals surface area contributed by atoms with E-state index in [2.05, 4.69) is 4.76 Å². The van der Waals surface area contributed by atoms with Gasteiger partial charge in [-0.15, -0.1) is 0 Å². The molecule has 0 bridgehead atoms. The molecular weight excluding hydrogens is 187 g/mol. The van der Waals surface area contributed by atoms with E-state index in [1.165, 1.54) is 13.8 Å². The summed E-state index contributed by atoms with van der Waals surface area (Å²) >= 11 is 0. The third kappa shape index (κ3) is 4.44. The topological polar surface area (TPSA) is 41.9 Å². The molecule has 0 aromatic carbocycles. The quantitative estimate of drug-likeness (QED) is 0.402. The van der Waals surface area contributed by atoms with E-state index in [0.29, 0.717) is 0 Å². The number of amidine groups is 1. The van der Waals surface area contributed by atoms with Gasteiger partial charge in [0.25, 0.3) is 0 Å². The van der Waals surface area contributed by atoms with E-state index in [4.69, 9.17) is 4.52 Å². The van der Waals surface area contributed by atoms with Crippen LogP contribution < -0.4 is 0 Å². The van der Waals surface area contributed by atoms with E-state index in [0.717, 1.165) is 18.9 Å². The average molecular weight is 206 g/mol. The van der Waals surface area contributed by atoms with Crippen molar-refractivity contribution in [3.63, 3.8) is 0 Å². The lowest BCUT2D eigenvalue weighted by Crippen LogP contribution is -2.28. The largest absolute Gasteiger partial charge is 0.361 e. The van der Waals surface area contributed by atoms with E-state index in [9.17, 15) is 4.57 Å². The maximum absolute atomic E-state index is 11.5. The van der Waals surface area contributed by atoms with Crippen molar-refractivity contribution in [1.82, 2.24) is 4.90 Å². The molecule has 0 spiro atoms. The summed E-state index contributed by atoms with van der Waals surface area (Å²) in [6.45, 7) is 9.18. The average Bonchev–Trinajstić information content (AvgIpc) is 2.06. The van der Waals surface area contributed by atoms with Crippen molar-refractivity contribution in [3.8, 4) is 0 Å². The molecule has 0 aromatic rings. The summed E-state index contributed by atoms with van der Waals surface area (Å²) in [5.41, 5.74) is 0. The van der Waals surface area contributed by atoms with Gasteiger partial charge in [-0.2, -0.15) is 4.76 Å². The summed E-state index contributed by atoms with van der Waals surface area (Å²) in [5.74, 6) is 0.776. The van der Waals surface area contributed by atoms with Gasteiger partial charge in [-0.3, -0.25) is 4.57 Å². The van der Waals surface area contributed by atoms with Gasteiger partial charge in [0.15, 0.2) is 0 Å². The summed E-state index contributed by atoms with van der Waals surface area (Å²) in [6.07, 6.45) is 0. The van der Waals surface area contributed by atoms with Crippen molar-refractivity contribution in [2.45, 2.75) is 20.8 Å². The fraction of sp³-hybridized carbons (Fsp3) is 0.875. The molecule has 78 valence electrons. The van der Waals surface area contributed by atoms with Crippen molar-refractivity contribution in [1.29, 1.82) is 0 Å². The van der Waals surface area contributed by atoms with E-state index < -0.39 is 7.52 Å². The molecule has 0 aromatic heterocycles. The van der Waals surface area contributed by atoms with Crippen LogP contribution in [-0.4, -0.2) is 37.6 Å². The predicted molar refractivity (Wildman–Crippen MR) is 56.6 cm³/mol. The van der Waals surface area contributed by atoms with Gasteiger partial charge >= 0.3 is 7.52 Å². The molecule has 0 N–H and O–H groups in total. The molecule has 0 amide bonds. The second-order valence-electron chi connectivity index (χ2n) is 2.81. The van der Waals surface area contributed by atoms with Gasteiger partial charge < -0.3 is 9.42 Å². The number of rotatable bonds is 4. The first-order valence-electron chi connectivity index (χ1n) is 4.41. The normalized spacial score (nSPS) is 16.8. The first kappa shape index (κ1) is 12.7. The zero-order chi connectivity index (χ0) is 10.5. The van der Waals surface area contributed by atoms with Gasteiger partial charge in [-0.25, -0.2) is 0 Å². The maximum atomic E-state index is 11.5. The molecule has 0 radical (unpaired) electrons. The molecule has 0 aliphatic heterocycles. The van der Waals surface area contributed by atoms with Crippen LogP contribution in [0.3, 0.4) is 0 Å². The number of hydrogen-bond donors (Lipinski definition) is 0. The molecular formula is C8H19N2O2P. The van der Waals surface area contributed by atoms with Gasteiger partial charge in [-0.1, -0.05) is 0 Å². The number of hydrogen-bond acceptors (Lipinski definition) is 2. The molecule has 0 heterocycles. The molecule has 0 aliphatic carbocycles. The summed E-state index contributed by atoms with van der Waals surface area (Å²) in [6, 6.07) is 0. The van der Waals surface area contributed by atoms with Crippen LogP contribution >= 0.6 is 7.52 Å². The van der Waals surface area contributed by atoms with Gasteiger partial charge in [-0.05, 0) is 20.8 Å². The molecule has 0 unspecified atom stereocenters. The highest BCUT2D eigenvalue weighted by molar-refractivity contribution is 7.56. The van der Waals surface area contributed by atoms with Crippen LogP contribution in [0.15, 0.2) is 4.76 Å². The fourth-order valence-corrected chi connectivity index (χ4v) is 1.78. The van der Waals surface area contributed by atoms with Crippen molar-refractivity contribution >= 4 is 13.4 Å². The SMILES string of the molecule is CCN(CC)/C(C)=N/[P@](C)(=O)OC. The molecule has 1 atom stereocenters. The first-order chi connectivity index (χ1) is 5.96.